The maximum atomic E-state index is 12.8. The highest BCUT2D eigenvalue weighted by atomic mass is 32.1. The van der Waals surface area contributed by atoms with Gasteiger partial charge in [0.1, 0.15) is 17.0 Å². The fourth-order valence-electron chi connectivity index (χ4n) is 3.56. The summed E-state index contributed by atoms with van der Waals surface area (Å²) in [6, 6.07) is 3.81. The molecule has 140 valence electrons. The molecule has 0 atom stereocenters. The number of hydrogen-bond donors (Lipinski definition) is 1. The van der Waals surface area contributed by atoms with E-state index in [1.165, 1.54) is 37.0 Å². The van der Waals surface area contributed by atoms with Crippen molar-refractivity contribution in [3.8, 4) is 0 Å². The first kappa shape index (κ1) is 17.9. The molecule has 0 aliphatic carbocycles. The summed E-state index contributed by atoms with van der Waals surface area (Å²) in [5, 5.41) is 4.03. The molecule has 1 fully saturated rings. The number of fused-ring (bicyclic) bond motifs is 1. The second-order valence-corrected chi connectivity index (χ2v) is 7.87. The molecule has 1 saturated heterocycles. The van der Waals surface area contributed by atoms with Gasteiger partial charge >= 0.3 is 0 Å². The van der Waals surface area contributed by atoms with Crippen LogP contribution in [-0.4, -0.2) is 33.9 Å². The first-order valence-corrected chi connectivity index (χ1v) is 10.2. The summed E-state index contributed by atoms with van der Waals surface area (Å²) >= 11 is 1.45. The minimum absolute atomic E-state index is 0.0610. The predicted molar refractivity (Wildman–Crippen MR) is 108 cm³/mol. The molecule has 3 aromatic heterocycles. The highest BCUT2D eigenvalue weighted by molar-refractivity contribution is 7.20. The van der Waals surface area contributed by atoms with Crippen molar-refractivity contribution in [2.24, 2.45) is 0 Å². The lowest BCUT2D eigenvalue weighted by Gasteiger charge is -2.22. The van der Waals surface area contributed by atoms with Gasteiger partial charge < -0.3 is 10.2 Å². The fourth-order valence-corrected chi connectivity index (χ4v) is 4.61. The van der Waals surface area contributed by atoms with Crippen LogP contribution in [0.5, 0.6) is 0 Å². The lowest BCUT2D eigenvalue weighted by Crippen LogP contribution is -2.25. The second kappa shape index (κ2) is 8.00. The number of carbonyl (C=O) groups is 1. The highest BCUT2D eigenvalue weighted by Gasteiger charge is 2.22. The third-order valence-electron chi connectivity index (χ3n) is 5.02. The summed E-state index contributed by atoms with van der Waals surface area (Å²) in [5.74, 6) is 0.915. The number of nitrogens with zero attached hydrogens (tertiary/aromatic N) is 4. The monoisotopic (exact) mass is 381 g/mol. The maximum absolute atomic E-state index is 12.8. The van der Waals surface area contributed by atoms with Crippen molar-refractivity contribution in [3.05, 3.63) is 46.9 Å². The minimum Gasteiger partial charge on any atom is -0.356 e. The van der Waals surface area contributed by atoms with Crippen molar-refractivity contribution in [1.29, 1.82) is 0 Å². The molecular weight excluding hydrogens is 358 g/mol. The molecule has 0 unspecified atom stereocenters. The van der Waals surface area contributed by atoms with E-state index in [0.717, 1.165) is 45.1 Å². The Kier molecular flexibility index (Phi) is 5.29. The van der Waals surface area contributed by atoms with Crippen LogP contribution in [0.25, 0.3) is 10.2 Å². The summed E-state index contributed by atoms with van der Waals surface area (Å²) in [6.07, 6.45) is 10.0. The van der Waals surface area contributed by atoms with Gasteiger partial charge in [0.25, 0.3) is 5.91 Å². The van der Waals surface area contributed by atoms with Crippen LogP contribution >= 0.6 is 11.3 Å². The Hall–Kier alpha value is -2.54. The third kappa shape index (κ3) is 3.78. The average Bonchev–Trinajstić information content (AvgIpc) is 2.88. The molecule has 0 radical (unpaired) electrons. The molecule has 27 heavy (non-hydrogen) atoms. The van der Waals surface area contributed by atoms with Crippen molar-refractivity contribution in [3.63, 3.8) is 0 Å². The van der Waals surface area contributed by atoms with Gasteiger partial charge in [0.2, 0.25) is 0 Å². The summed E-state index contributed by atoms with van der Waals surface area (Å²) in [7, 11) is 0. The molecule has 6 nitrogen and oxygen atoms in total. The standard InChI is InChI=1S/C20H23N5OS/c1-14-16-18(25-10-4-2-3-5-11-25)23-13-24-20(16)27-17(14)19(26)22-12-15-6-8-21-9-7-15/h6-9,13H,2-5,10-12H2,1H3,(H,22,26). The van der Waals surface area contributed by atoms with E-state index >= 15 is 0 Å². The zero-order chi connectivity index (χ0) is 18.6. The molecule has 1 N–H and O–H groups in total. The highest BCUT2D eigenvalue weighted by Crippen LogP contribution is 2.35. The zero-order valence-electron chi connectivity index (χ0n) is 15.4. The third-order valence-corrected chi connectivity index (χ3v) is 6.22. The van der Waals surface area contributed by atoms with Gasteiger partial charge in [0, 0.05) is 32.0 Å². The van der Waals surface area contributed by atoms with Crippen LogP contribution < -0.4 is 10.2 Å². The van der Waals surface area contributed by atoms with Crippen molar-refractivity contribution in [2.75, 3.05) is 18.0 Å². The number of thiophene rings is 1. The fraction of sp³-hybridized carbons (Fsp3) is 0.400. The van der Waals surface area contributed by atoms with Gasteiger partial charge in [0.15, 0.2) is 0 Å². The van der Waals surface area contributed by atoms with E-state index in [-0.39, 0.29) is 5.91 Å². The van der Waals surface area contributed by atoms with Gasteiger partial charge in [-0.15, -0.1) is 11.3 Å². The number of rotatable bonds is 4. The molecule has 0 aromatic carbocycles. The molecule has 4 heterocycles. The van der Waals surface area contributed by atoms with E-state index in [9.17, 15) is 4.79 Å². The van der Waals surface area contributed by atoms with Crippen LogP contribution in [0.3, 0.4) is 0 Å². The summed E-state index contributed by atoms with van der Waals surface area (Å²) in [4.78, 5) is 29.8. The Labute approximate surface area is 162 Å². The van der Waals surface area contributed by atoms with E-state index in [2.05, 4.69) is 25.2 Å². The van der Waals surface area contributed by atoms with Crippen LogP contribution in [0.2, 0.25) is 0 Å². The summed E-state index contributed by atoms with van der Waals surface area (Å²) in [5.41, 5.74) is 2.00. The predicted octanol–water partition coefficient (Wildman–Crippen LogP) is 3.71. The van der Waals surface area contributed by atoms with E-state index in [1.54, 1.807) is 18.7 Å². The number of pyridine rings is 1. The van der Waals surface area contributed by atoms with Crippen molar-refractivity contribution in [1.82, 2.24) is 20.3 Å². The van der Waals surface area contributed by atoms with Crippen LogP contribution in [0.4, 0.5) is 5.82 Å². The Morgan fingerprint density at radius 1 is 1.15 bits per heavy atom. The van der Waals surface area contributed by atoms with Crippen LogP contribution in [0, 0.1) is 6.92 Å². The minimum atomic E-state index is -0.0610. The summed E-state index contributed by atoms with van der Waals surface area (Å²) < 4.78 is 0. The Bertz CT molecular complexity index is 932. The topological polar surface area (TPSA) is 71.0 Å². The lowest BCUT2D eigenvalue weighted by atomic mass is 10.1. The molecule has 7 heteroatoms. The second-order valence-electron chi connectivity index (χ2n) is 6.87. The molecule has 4 rings (SSSR count). The Morgan fingerprint density at radius 2 is 1.89 bits per heavy atom. The van der Waals surface area contributed by atoms with Crippen LogP contribution in [0.15, 0.2) is 30.9 Å². The van der Waals surface area contributed by atoms with E-state index in [1.807, 2.05) is 19.1 Å². The molecule has 0 bridgehead atoms. The molecular formula is C20H23N5OS. The number of amides is 1. The lowest BCUT2D eigenvalue weighted by molar-refractivity contribution is 0.0954. The van der Waals surface area contributed by atoms with Gasteiger partial charge in [-0.05, 0) is 43.0 Å². The van der Waals surface area contributed by atoms with Crippen LogP contribution in [0.1, 0.15) is 46.5 Å². The van der Waals surface area contributed by atoms with Gasteiger partial charge in [-0.1, -0.05) is 12.8 Å². The van der Waals surface area contributed by atoms with Gasteiger partial charge in [-0.2, -0.15) is 0 Å². The smallest absolute Gasteiger partial charge is 0.261 e. The SMILES string of the molecule is Cc1c(C(=O)NCc2ccncc2)sc2ncnc(N3CCCCCC3)c12. The number of carbonyl (C=O) groups excluding carboxylic acids is 1. The molecule has 1 aliphatic rings. The number of nitrogens with one attached hydrogen (secondary N) is 1. The Morgan fingerprint density at radius 3 is 2.63 bits per heavy atom. The van der Waals surface area contributed by atoms with Crippen LogP contribution in [-0.2, 0) is 6.54 Å². The number of anilines is 1. The van der Waals surface area contributed by atoms with E-state index in [4.69, 9.17) is 0 Å². The van der Waals surface area contributed by atoms with E-state index < -0.39 is 0 Å². The normalized spacial score (nSPS) is 14.9. The maximum Gasteiger partial charge on any atom is 0.261 e. The average molecular weight is 382 g/mol. The molecule has 3 aromatic rings. The quantitative estimate of drug-likeness (QED) is 0.746. The van der Waals surface area contributed by atoms with Crippen molar-refractivity contribution >= 4 is 33.3 Å². The van der Waals surface area contributed by atoms with Crippen molar-refractivity contribution in [2.45, 2.75) is 39.2 Å². The van der Waals surface area contributed by atoms with Gasteiger partial charge in [-0.3, -0.25) is 9.78 Å². The summed E-state index contributed by atoms with van der Waals surface area (Å²) in [6.45, 7) is 4.53. The first-order chi connectivity index (χ1) is 13.2. The zero-order valence-corrected chi connectivity index (χ0v) is 16.3. The number of aromatic nitrogens is 3. The molecule has 1 amide bonds. The Balaban J connectivity index is 1.61. The largest absolute Gasteiger partial charge is 0.356 e. The number of aryl methyl sites for hydroxylation is 1. The van der Waals surface area contributed by atoms with E-state index in [0.29, 0.717) is 6.54 Å². The van der Waals surface area contributed by atoms with Gasteiger partial charge in [-0.25, -0.2) is 9.97 Å². The molecule has 0 saturated carbocycles. The first-order valence-electron chi connectivity index (χ1n) is 9.40. The van der Waals surface area contributed by atoms with Crippen molar-refractivity contribution < 1.29 is 4.79 Å². The molecule has 0 spiro atoms. The number of hydrogen-bond acceptors (Lipinski definition) is 6. The molecule has 1 aliphatic heterocycles. The van der Waals surface area contributed by atoms with Gasteiger partial charge in [0.05, 0.1) is 10.3 Å².